The zero-order valence-corrected chi connectivity index (χ0v) is 9.85. The largest absolute Gasteiger partial charge is 0.397 e. The lowest BCUT2D eigenvalue weighted by atomic mass is 10.4. The molecule has 0 radical (unpaired) electrons. The third-order valence-electron chi connectivity index (χ3n) is 2.02. The number of sulfonamides is 1. The van der Waals surface area contributed by atoms with Gasteiger partial charge in [-0.15, -0.1) is 0 Å². The molecule has 2 rings (SSSR count). The second-order valence-corrected chi connectivity index (χ2v) is 5.11. The fraction of sp³-hybridized carbons (Fsp3) is 0.111. The van der Waals surface area contributed by atoms with Crippen molar-refractivity contribution in [1.29, 1.82) is 0 Å². The Balaban J connectivity index is 2.26. The van der Waals surface area contributed by atoms with Gasteiger partial charge in [-0.3, -0.25) is 9.40 Å². The molecule has 0 unspecified atom stereocenters. The van der Waals surface area contributed by atoms with E-state index in [2.05, 4.69) is 14.8 Å². The third kappa shape index (κ3) is 2.53. The quantitative estimate of drug-likeness (QED) is 0.813. The van der Waals surface area contributed by atoms with Gasteiger partial charge >= 0.3 is 0 Å². The molecular formula is C9H11N5O2S. The van der Waals surface area contributed by atoms with Gasteiger partial charge in [0.1, 0.15) is 10.7 Å². The van der Waals surface area contributed by atoms with Gasteiger partial charge in [0.05, 0.1) is 18.1 Å². The van der Waals surface area contributed by atoms with E-state index < -0.39 is 10.0 Å². The van der Waals surface area contributed by atoms with E-state index in [1.165, 1.54) is 29.3 Å². The summed E-state index contributed by atoms with van der Waals surface area (Å²) in [5.41, 5.74) is 5.92. The highest BCUT2D eigenvalue weighted by Crippen LogP contribution is 2.13. The summed E-state index contributed by atoms with van der Waals surface area (Å²) in [5, 5.41) is 3.80. The fourth-order valence-corrected chi connectivity index (χ4v) is 2.19. The van der Waals surface area contributed by atoms with Crippen LogP contribution in [-0.2, 0) is 17.1 Å². The molecule has 0 aliphatic rings. The fourth-order valence-electron chi connectivity index (χ4n) is 1.20. The van der Waals surface area contributed by atoms with Gasteiger partial charge in [0.25, 0.3) is 10.0 Å². The predicted octanol–water partition coefficient (Wildman–Crippen LogP) is 0.198. The summed E-state index contributed by atoms with van der Waals surface area (Å²) in [4.78, 5) is 3.94. The zero-order chi connectivity index (χ0) is 12.5. The molecule has 2 heterocycles. The first-order valence-electron chi connectivity index (χ1n) is 4.70. The molecule has 17 heavy (non-hydrogen) atoms. The highest BCUT2D eigenvalue weighted by Gasteiger charge is 2.16. The summed E-state index contributed by atoms with van der Waals surface area (Å²) in [5.74, 6) is 0.211. The number of anilines is 2. The van der Waals surface area contributed by atoms with E-state index >= 15 is 0 Å². The summed E-state index contributed by atoms with van der Waals surface area (Å²) < 4.78 is 27.5. The van der Waals surface area contributed by atoms with Crippen LogP contribution in [-0.4, -0.2) is 23.2 Å². The minimum absolute atomic E-state index is 0.0821. The van der Waals surface area contributed by atoms with Crippen LogP contribution in [0.1, 0.15) is 0 Å². The van der Waals surface area contributed by atoms with Crippen LogP contribution in [0, 0.1) is 0 Å². The van der Waals surface area contributed by atoms with Gasteiger partial charge in [-0.05, 0) is 12.1 Å². The number of aromatic nitrogens is 3. The SMILES string of the molecule is Cn1cc(S(=O)(=O)Nc2ccc(N)cn2)cn1. The van der Waals surface area contributed by atoms with Crippen LogP contribution >= 0.6 is 0 Å². The number of nitrogen functional groups attached to an aromatic ring is 1. The van der Waals surface area contributed by atoms with E-state index in [9.17, 15) is 8.42 Å². The van der Waals surface area contributed by atoms with Gasteiger partial charge in [-0.1, -0.05) is 0 Å². The topological polar surface area (TPSA) is 103 Å². The van der Waals surface area contributed by atoms with E-state index in [4.69, 9.17) is 5.73 Å². The Labute approximate surface area is 98.3 Å². The van der Waals surface area contributed by atoms with Gasteiger partial charge in [-0.2, -0.15) is 5.10 Å². The minimum atomic E-state index is -3.64. The third-order valence-corrected chi connectivity index (χ3v) is 3.33. The molecular weight excluding hydrogens is 242 g/mol. The number of nitrogens with one attached hydrogen (secondary N) is 1. The van der Waals surface area contributed by atoms with Crippen molar-refractivity contribution in [3.63, 3.8) is 0 Å². The summed E-state index contributed by atoms with van der Waals surface area (Å²) in [6.07, 6.45) is 4.04. The van der Waals surface area contributed by atoms with Crippen LogP contribution in [0.4, 0.5) is 11.5 Å². The minimum Gasteiger partial charge on any atom is -0.397 e. The van der Waals surface area contributed by atoms with Crippen molar-refractivity contribution in [2.45, 2.75) is 4.90 Å². The number of aryl methyl sites for hydroxylation is 1. The first kappa shape index (κ1) is 11.4. The van der Waals surface area contributed by atoms with Crippen LogP contribution in [0.5, 0.6) is 0 Å². The summed E-state index contributed by atoms with van der Waals surface area (Å²) in [6.45, 7) is 0. The van der Waals surface area contributed by atoms with Gasteiger partial charge in [-0.25, -0.2) is 13.4 Å². The van der Waals surface area contributed by atoms with Gasteiger partial charge in [0.15, 0.2) is 0 Å². The van der Waals surface area contributed by atoms with E-state index in [1.54, 1.807) is 13.1 Å². The summed E-state index contributed by atoms with van der Waals surface area (Å²) in [6, 6.07) is 3.05. The maximum absolute atomic E-state index is 11.9. The summed E-state index contributed by atoms with van der Waals surface area (Å²) >= 11 is 0. The Morgan fingerprint density at radius 1 is 1.35 bits per heavy atom. The molecule has 0 aliphatic heterocycles. The lowest BCUT2D eigenvalue weighted by molar-refractivity contribution is 0.601. The van der Waals surface area contributed by atoms with Crippen molar-refractivity contribution in [2.24, 2.45) is 7.05 Å². The van der Waals surface area contributed by atoms with Crippen molar-refractivity contribution in [2.75, 3.05) is 10.5 Å². The van der Waals surface area contributed by atoms with Gasteiger partial charge in [0, 0.05) is 13.2 Å². The smallest absolute Gasteiger partial charge is 0.266 e. The lowest BCUT2D eigenvalue weighted by Crippen LogP contribution is -2.13. The first-order valence-corrected chi connectivity index (χ1v) is 6.19. The number of rotatable bonds is 3. The molecule has 0 aromatic carbocycles. The Kier molecular flexibility index (Phi) is 2.72. The Bertz CT molecular complexity index is 617. The van der Waals surface area contributed by atoms with Crippen LogP contribution in [0.2, 0.25) is 0 Å². The Morgan fingerprint density at radius 2 is 2.12 bits per heavy atom. The Hall–Kier alpha value is -2.09. The first-order chi connectivity index (χ1) is 7.97. The zero-order valence-electron chi connectivity index (χ0n) is 9.03. The van der Waals surface area contributed by atoms with Crippen LogP contribution in [0.3, 0.4) is 0 Å². The molecule has 90 valence electrons. The predicted molar refractivity (Wildman–Crippen MR) is 62.7 cm³/mol. The highest BCUT2D eigenvalue weighted by molar-refractivity contribution is 7.92. The number of hydrogen-bond donors (Lipinski definition) is 2. The van der Waals surface area contributed by atoms with E-state index in [0.29, 0.717) is 5.69 Å². The van der Waals surface area contributed by atoms with E-state index in [1.807, 2.05) is 0 Å². The molecule has 0 fully saturated rings. The second-order valence-electron chi connectivity index (χ2n) is 3.43. The monoisotopic (exact) mass is 253 g/mol. The molecule has 0 amide bonds. The molecule has 2 aromatic rings. The van der Waals surface area contributed by atoms with Gasteiger partial charge < -0.3 is 5.73 Å². The molecule has 8 heteroatoms. The number of pyridine rings is 1. The van der Waals surface area contributed by atoms with Crippen LogP contribution in [0.15, 0.2) is 35.6 Å². The van der Waals surface area contributed by atoms with Crippen LogP contribution in [0.25, 0.3) is 0 Å². The van der Waals surface area contributed by atoms with E-state index in [-0.39, 0.29) is 10.7 Å². The molecule has 0 atom stereocenters. The molecule has 0 saturated heterocycles. The standard InChI is InChI=1S/C9H11N5O2S/c1-14-6-8(5-12-14)17(15,16)13-9-3-2-7(10)4-11-9/h2-6H,10H2,1H3,(H,11,13). The molecule has 0 bridgehead atoms. The maximum atomic E-state index is 11.9. The Morgan fingerprint density at radius 3 is 2.65 bits per heavy atom. The number of nitrogens with zero attached hydrogens (tertiary/aromatic N) is 3. The van der Waals surface area contributed by atoms with Crippen molar-refractivity contribution in [3.05, 3.63) is 30.7 Å². The van der Waals surface area contributed by atoms with E-state index in [0.717, 1.165) is 0 Å². The normalized spacial score (nSPS) is 11.4. The molecule has 0 saturated carbocycles. The second kappa shape index (κ2) is 4.06. The molecule has 7 nitrogen and oxygen atoms in total. The number of nitrogens with two attached hydrogens (primary N) is 1. The van der Waals surface area contributed by atoms with Crippen molar-refractivity contribution >= 4 is 21.5 Å². The molecule has 0 aliphatic carbocycles. The average Bonchev–Trinajstić information content (AvgIpc) is 2.69. The average molecular weight is 253 g/mol. The molecule has 2 aromatic heterocycles. The summed E-state index contributed by atoms with van der Waals surface area (Å²) in [7, 11) is -2.00. The van der Waals surface area contributed by atoms with Crippen molar-refractivity contribution in [1.82, 2.24) is 14.8 Å². The van der Waals surface area contributed by atoms with Crippen LogP contribution < -0.4 is 10.5 Å². The van der Waals surface area contributed by atoms with Gasteiger partial charge in [0.2, 0.25) is 0 Å². The maximum Gasteiger partial charge on any atom is 0.266 e. The molecule has 0 spiro atoms. The van der Waals surface area contributed by atoms with Crippen molar-refractivity contribution in [3.8, 4) is 0 Å². The lowest BCUT2D eigenvalue weighted by Gasteiger charge is -2.04. The molecule has 3 N–H and O–H groups in total. The highest BCUT2D eigenvalue weighted by atomic mass is 32.2. The number of hydrogen-bond acceptors (Lipinski definition) is 5. The van der Waals surface area contributed by atoms with Crippen molar-refractivity contribution < 1.29 is 8.42 Å².